The van der Waals surface area contributed by atoms with E-state index in [1.54, 1.807) is 6.92 Å². The molecule has 0 aliphatic rings. The molecule has 5 nitrogen and oxygen atoms in total. The smallest absolute Gasteiger partial charge is 0.271 e. The Labute approximate surface area is 143 Å². The third-order valence-electron chi connectivity index (χ3n) is 3.09. The monoisotopic (exact) mass is 350 g/mol. The van der Waals surface area contributed by atoms with Crippen LogP contribution in [0.4, 0.5) is 11.4 Å². The fourth-order valence-corrected chi connectivity index (χ4v) is 3.11. The number of rotatable bonds is 5. The highest BCUT2D eigenvalue weighted by atomic mass is 35.5. The standard InChI is InChI=1S/C16H15ClN2O3S/c1-10-4-3-5-13(8-10)23-11(2)16(20)18-15-7-6-12(19(21)22)9-14(15)17/h3-9,11H,1-2H3,(H,18,20). The normalized spacial score (nSPS) is 11.8. The van der Waals surface area contributed by atoms with Crippen molar-refractivity contribution in [2.75, 3.05) is 5.32 Å². The van der Waals surface area contributed by atoms with E-state index in [2.05, 4.69) is 5.32 Å². The number of nitrogens with zero attached hydrogens (tertiary/aromatic N) is 1. The molecule has 0 aromatic heterocycles. The molecule has 0 aliphatic carbocycles. The summed E-state index contributed by atoms with van der Waals surface area (Å²) in [7, 11) is 0. The van der Waals surface area contributed by atoms with E-state index >= 15 is 0 Å². The van der Waals surface area contributed by atoms with Gasteiger partial charge < -0.3 is 5.32 Å². The summed E-state index contributed by atoms with van der Waals surface area (Å²) in [6.45, 7) is 3.78. The first kappa shape index (κ1) is 17.3. The van der Waals surface area contributed by atoms with Gasteiger partial charge in [-0.05, 0) is 32.0 Å². The van der Waals surface area contributed by atoms with Crippen LogP contribution >= 0.6 is 23.4 Å². The van der Waals surface area contributed by atoms with Crippen LogP contribution in [0.15, 0.2) is 47.4 Å². The first-order valence-corrected chi connectivity index (χ1v) is 8.10. The highest BCUT2D eigenvalue weighted by molar-refractivity contribution is 8.00. The van der Waals surface area contributed by atoms with Crippen LogP contribution in [-0.2, 0) is 4.79 Å². The van der Waals surface area contributed by atoms with E-state index in [-0.39, 0.29) is 21.9 Å². The Balaban J connectivity index is 2.05. The van der Waals surface area contributed by atoms with Crippen molar-refractivity contribution in [2.24, 2.45) is 0 Å². The van der Waals surface area contributed by atoms with Gasteiger partial charge in [-0.25, -0.2) is 0 Å². The number of thioether (sulfide) groups is 1. The molecule has 23 heavy (non-hydrogen) atoms. The van der Waals surface area contributed by atoms with Gasteiger partial charge in [0.15, 0.2) is 0 Å². The highest BCUT2D eigenvalue weighted by Crippen LogP contribution is 2.29. The van der Waals surface area contributed by atoms with Crippen molar-refractivity contribution in [2.45, 2.75) is 24.0 Å². The number of nitrogens with one attached hydrogen (secondary N) is 1. The van der Waals surface area contributed by atoms with Crippen molar-refractivity contribution in [1.82, 2.24) is 0 Å². The molecule has 7 heteroatoms. The number of nitro groups is 1. The van der Waals surface area contributed by atoms with E-state index < -0.39 is 4.92 Å². The van der Waals surface area contributed by atoms with Crippen LogP contribution in [0.2, 0.25) is 5.02 Å². The molecule has 0 radical (unpaired) electrons. The fraction of sp³-hybridized carbons (Fsp3) is 0.188. The van der Waals surface area contributed by atoms with Gasteiger partial charge >= 0.3 is 0 Å². The summed E-state index contributed by atoms with van der Waals surface area (Å²) in [5.74, 6) is -0.216. The number of amides is 1. The van der Waals surface area contributed by atoms with Crippen LogP contribution < -0.4 is 5.32 Å². The molecule has 2 aromatic carbocycles. The zero-order chi connectivity index (χ0) is 17.0. The molecular formula is C16H15ClN2O3S. The Hall–Kier alpha value is -2.05. The van der Waals surface area contributed by atoms with Crippen molar-refractivity contribution in [3.8, 4) is 0 Å². The Bertz CT molecular complexity index is 752. The summed E-state index contributed by atoms with van der Waals surface area (Å²) in [6, 6.07) is 11.8. The molecule has 2 aromatic rings. The molecule has 1 N–H and O–H groups in total. The van der Waals surface area contributed by atoms with Gasteiger partial charge in [0.2, 0.25) is 5.91 Å². The maximum Gasteiger partial charge on any atom is 0.271 e. The summed E-state index contributed by atoms with van der Waals surface area (Å²) in [5.41, 5.74) is 1.37. The average molecular weight is 351 g/mol. The largest absolute Gasteiger partial charge is 0.324 e. The van der Waals surface area contributed by atoms with E-state index in [0.29, 0.717) is 5.69 Å². The molecule has 0 heterocycles. The Morgan fingerprint density at radius 2 is 2.04 bits per heavy atom. The topological polar surface area (TPSA) is 72.2 Å². The van der Waals surface area contributed by atoms with E-state index in [4.69, 9.17) is 11.6 Å². The second-order valence-corrected chi connectivity index (χ2v) is 6.81. The molecule has 0 bridgehead atoms. The lowest BCUT2D eigenvalue weighted by molar-refractivity contribution is -0.384. The summed E-state index contributed by atoms with van der Waals surface area (Å²) in [5, 5.41) is 13.2. The number of hydrogen-bond donors (Lipinski definition) is 1. The number of carbonyl (C=O) groups is 1. The number of halogens is 1. The van der Waals surface area contributed by atoms with E-state index in [1.165, 1.54) is 30.0 Å². The number of nitro benzene ring substituents is 1. The van der Waals surface area contributed by atoms with Crippen LogP contribution in [-0.4, -0.2) is 16.1 Å². The third kappa shape index (κ3) is 4.71. The summed E-state index contributed by atoms with van der Waals surface area (Å²) < 4.78 is 0. The Morgan fingerprint density at radius 3 is 2.65 bits per heavy atom. The van der Waals surface area contributed by atoms with E-state index in [9.17, 15) is 14.9 Å². The molecule has 2 rings (SSSR count). The predicted octanol–water partition coefficient (Wildman–Crippen LogP) is 4.68. The van der Waals surface area contributed by atoms with Gasteiger partial charge in [-0.3, -0.25) is 14.9 Å². The molecule has 0 fully saturated rings. The molecule has 1 amide bonds. The number of aryl methyl sites for hydroxylation is 1. The van der Waals surface area contributed by atoms with Crippen LogP contribution in [0.25, 0.3) is 0 Å². The molecule has 0 aliphatic heterocycles. The van der Waals surface area contributed by atoms with E-state index in [1.807, 2.05) is 31.2 Å². The highest BCUT2D eigenvalue weighted by Gasteiger charge is 2.17. The van der Waals surface area contributed by atoms with Gasteiger partial charge in [0.1, 0.15) is 0 Å². The molecule has 0 spiro atoms. The van der Waals surface area contributed by atoms with Crippen molar-refractivity contribution < 1.29 is 9.72 Å². The third-order valence-corrected chi connectivity index (χ3v) is 4.50. The molecule has 1 atom stereocenters. The summed E-state index contributed by atoms with van der Waals surface area (Å²) >= 11 is 7.41. The van der Waals surface area contributed by atoms with Gasteiger partial charge in [-0.15, -0.1) is 11.8 Å². The Kier molecular flexibility index (Phi) is 5.63. The lowest BCUT2D eigenvalue weighted by atomic mass is 10.2. The summed E-state index contributed by atoms with van der Waals surface area (Å²) in [6.07, 6.45) is 0. The number of carbonyl (C=O) groups excluding carboxylic acids is 1. The SMILES string of the molecule is Cc1cccc(SC(C)C(=O)Nc2ccc([N+](=O)[O-])cc2Cl)c1. The van der Waals surface area contributed by atoms with Gasteiger partial charge in [0, 0.05) is 17.0 Å². The molecule has 0 saturated heterocycles. The number of non-ortho nitro benzene ring substituents is 1. The lowest BCUT2D eigenvalue weighted by Crippen LogP contribution is -2.22. The van der Waals surface area contributed by atoms with Crippen molar-refractivity contribution in [3.05, 3.63) is 63.2 Å². The number of anilines is 1. The predicted molar refractivity (Wildman–Crippen MR) is 93.2 cm³/mol. The number of hydrogen-bond acceptors (Lipinski definition) is 4. The zero-order valence-electron chi connectivity index (χ0n) is 12.6. The van der Waals surface area contributed by atoms with Gasteiger partial charge in [0.05, 0.1) is 20.9 Å². The second-order valence-electron chi connectivity index (χ2n) is 4.99. The van der Waals surface area contributed by atoms with Gasteiger partial charge in [-0.1, -0.05) is 29.3 Å². The van der Waals surface area contributed by atoms with Crippen molar-refractivity contribution in [3.63, 3.8) is 0 Å². The lowest BCUT2D eigenvalue weighted by Gasteiger charge is -2.13. The first-order valence-electron chi connectivity index (χ1n) is 6.85. The van der Waals surface area contributed by atoms with Crippen LogP contribution in [0.1, 0.15) is 12.5 Å². The minimum absolute atomic E-state index is 0.116. The number of benzene rings is 2. The van der Waals surface area contributed by atoms with Gasteiger partial charge in [-0.2, -0.15) is 0 Å². The van der Waals surface area contributed by atoms with Crippen LogP contribution in [0.3, 0.4) is 0 Å². The van der Waals surface area contributed by atoms with Crippen molar-refractivity contribution >= 4 is 40.6 Å². The molecular weight excluding hydrogens is 336 g/mol. The van der Waals surface area contributed by atoms with Crippen LogP contribution in [0, 0.1) is 17.0 Å². The minimum Gasteiger partial charge on any atom is -0.324 e. The molecule has 0 saturated carbocycles. The average Bonchev–Trinajstić information content (AvgIpc) is 2.49. The maximum atomic E-state index is 12.2. The second kappa shape index (κ2) is 7.48. The molecule has 1 unspecified atom stereocenters. The zero-order valence-corrected chi connectivity index (χ0v) is 14.1. The van der Waals surface area contributed by atoms with Crippen LogP contribution in [0.5, 0.6) is 0 Å². The summed E-state index contributed by atoms with van der Waals surface area (Å²) in [4.78, 5) is 23.4. The van der Waals surface area contributed by atoms with E-state index in [0.717, 1.165) is 10.5 Å². The fourth-order valence-electron chi connectivity index (χ4n) is 1.90. The minimum atomic E-state index is -0.534. The first-order chi connectivity index (χ1) is 10.9. The molecule has 120 valence electrons. The van der Waals surface area contributed by atoms with Gasteiger partial charge in [0.25, 0.3) is 5.69 Å². The van der Waals surface area contributed by atoms with Crippen molar-refractivity contribution in [1.29, 1.82) is 0 Å². The maximum absolute atomic E-state index is 12.2. The quantitative estimate of drug-likeness (QED) is 0.483. The Morgan fingerprint density at radius 1 is 1.30 bits per heavy atom.